The molecule has 0 saturated carbocycles. The Labute approximate surface area is 149 Å². The quantitative estimate of drug-likeness (QED) is 0.643. The number of nitrogens with one attached hydrogen (secondary N) is 1. The SMILES string of the molecule is N[C@@H](CC(=O)NC(=O)OCc1cccc2c1Cc1ccccc1-2)C(=O)O. The van der Waals surface area contributed by atoms with Crippen LogP contribution in [0, 0.1) is 0 Å². The number of benzene rings is 2. The number of imide groups is 1. The first-order valence-electron chi connectivity index (χ1n) is 8.09. The molecular weight excluding hydrogens is 336 g/mol. The zero-order valence-electron chi connectivity index (χ0n) is 13.9. The van der Waals surface area contributed by atoms with Gasteiger partial charge in [0.2, 0.25) is 5.91 Å². The molecular formula is C19H18N2O5. The van der Waals surface area contributed by atoms with Gasteiger partial charge in [0, 0.05) is 0 Å². The summed E-state index contributed by atoms with van der Waals surface area (Å²) in [4.78, 5) is 33.9. The second-order valence-electron chi connectivity index (χ2n) is 6.05. The number of carbonyl (C=O) groups excluding carboxylic acids is 2. The van der Waals surface area contributed by atoms with Crippen LogP contribution >= 0.6 is 0 Å². The van der Waals surface area contributed by atoms with Gasteiger partial charge in [-0.05, 0) is 34.2 Å². The van der Waals surface area contributed by atoms with Gasteiger partial charge in [-0.2, -0.15) is 0 Å². The van der Waals surface area contributed by atoms with Gasteiger partial charge in [-0.1, -0.05) is 42.5 Å². The lowest BCUT2D eigenvalue weighted by Crippen LogP contribution is -2.39. The van der Waals surface area contributed by atoms with Gasteiger partial charge in [0.15, 0.2) is 0 Å². The first-order chi connectivity index (χ1) is 12.5. The predicted octanol–water partition coefficient (Wildman–Crippen LogP) is 1.81. The molecule has 0 saturated heterocycles. The molecule has 0 heterocycles. The number of hydrogen-bond acceptors (Lipinski definition) is 5. The van der Waals surface area contributed by atoms with Crippen LogP contribution < -0.4 is 11.1 Å². The number of carbonyl (C=O) groups is 3. The van der Waals surface area contributed by atoms with Crippen molar-refractivity contribution in [1.82, 2.24) is 5.32 Å². The van der Waals surface area contributed by atoms with Crippen LogP contribution in [-0.4, -0.2) is 29.1 Å². The minimum atomic E-state index is -1.36. The van der Waals surface area contributed by atoms with Gasteiger partial charge in [0.1, 0.15) is 12.6 Å². The summed E-state index contributed by atoms with van der Waals surface area (Å²) in [7, 11) is 0. The fraction of sp³-hybridized carbons (Fsp3) is 0.211. The fourth-order valence-electron chi connectivity index (χ4n) is 2.99. The largest absolute Gasteiger partial charge is 0.480 e. The topological polar surface area (TPSA) is 119 Å². The molecule has 1 atom stereocenters. The number of fused-ring (bicyclic) bond motifs is 3. The lowest BCUT2D eigenvalue weighted by atomic mass is 10.0. The molecule has 26 heavy (non-hydrogen) atoms. The number of amides is 2. The van der Waals surface area contributed by atoms with Gasteiger partial charge in [-0.3, -0.25) is 14.9 Å². The summed E-state index contributed by atoms with van der Waals surface area (Å²) in [6.45, 7) is 0.0151. The highest BCUT2D eigenvalue weighted by Crippen LogP contribution is 2.38. The van der Waals surface area contributed by atoms with Crippen LogP contribution in [0.25, 0.3) is 11.1 Å². The third kappa shape index (κ3) is 3.73. The van der Waals surface area contributed by atoms with E-state index in [9.17, 15) is 14.4 Å². The molecule has 134 valence electrons. The molecule has 3 rings (SSSR count). The number of rotatable bonds is 5. The van der Waals surface area contributed by atoms with Crippen molar-refractivity contribution in [1.29, 1.82) is 0 Å². The van der Waals surface area contributed by atoms with E-state index in [-0.39, 0.29) is 6.61 Å². The van der Waals surface area contributed by atoms with Crippen LogP contribution in [0.5, 0.6) is 0 Å². The zero-order valence-corrected chi connectivity index (χ0v) is 13.9. The van der Waals surface area contributed by atoms with Gasteiger partial charge in [-0.25, -0.2) is 4.79 Å². The average Bonchev–Trinajstić information content (AvgIpc) is 2.99. The summed E-state index contributed by atoms with van der Waals surface area (Å²) in [6.07, 6.45) is -0.666. The minimum Gasteiger partial charge on any atom is -0.480 e. The summed E-state index contributed by atoms with van der Waals surface area (Å²) in [5.41, 5.74) is 10.7. The van der Waals surface area contributed by atoms with E-state index in [1.54, 1.807) is 0 Å². The first kappa shape index (κ1) is 17.6. The Bertz CT molecular complexity index is 878. The fourth-order valence-corrected chi connectivity index (χ4v) is 2.99. The number of ether oxygens (including phenoxy) is 1. The first-order valence-corrected chi connectivity index (χ1v) is 8.09. The van der Waals surface area contributed by atoms with Crippen LogP contribution in [0.2, 0.25) is 0 Å². The number of carboxylic acids is 1. The van der Waals surface area contributed by atoms with Crippen molar-refractivity contribution in [3.05, 3.63) is 59.2 Å². The number of nitrogens with two attached hydrogens (primary N) is 1. The van der Waals surface area contributed by atoms with Crippen molar-refractivity contribution < 1.29 is 24.2 Å². The normalized spacial score (nSPS) is 12.7. The third-order valence-corrected chi connectivity index (χ3v) is 4.27. The molecule has 7 heteroatoms. The highest BCUT2D eigenvalue weighted by atomic mass is 16.5. The van der Waals surface area contributed by atoms with E-state index in [0.29, 0.717) is 0 Å². The van der Waals surface area contributed by atoms with E-state index in [1.807, 2.05) is 35.6 Å². The number of aliphatic carboxylic acids is 1. The molecule has 0 fully saturated rings. The highest BCUT2D eigenvalue weighted by Gasteiger charge is 2.22. The van der Waals surface area contributed by atoms with Crippen molar-refractivity contribution in [3.63, 3.8) is 0 Å². The molecule has 0 aromatic heterocycles. The second kappa shape index (κ2) is 7.37. The Hall–Kier alpha value is -3.19. The smallest absolute Gasteiger partial charge is 0.414 e. The van der Waals surface area contributed by atoms with E-state index >= 15 is 0 Å². The Balaban J connectivity index is 1.60. The Morgan fingerprint density at radius 1 is 1.12 bits per heavy atom. The Morgan fingerprint density at radius 2 is 1.85 bits per heavy atom. The van der Waals surface area contributed by atoms with Crippen molar-refractivity contribution >= 4 is 18.0 Å². The van der Waals surface area contributed by atoms with Crippen molar-refractivity contribution in [2.24, 2.45) is 5.73 Å². The average molecular weight is 354 g/mol. The van der Waals surface area contributed by atoms with Gasteiger partial charge in [0.05, 0.1) is 6.42 Å². The third-order valence-electron chi connectivity index (χ3n) is 4.27. The number of carboxylic acid groups (broad SMARTS) is 1. The Morgan fingerprint density at radius 3 is 2.62 bits per heavy atom. The minimum absolute atomic E-state index is 0.0151. The molecule has 4 N–H and O–H groups in total. The van der Waals surface area contributed by atoms with Crippen molar-refractivity contribution in [2.75, 3.05) is 0 Å². The van der Waals surface area contributed by atoms with E-state index in [1.165, 1.54) is 11.1 Å². The van der Waals surface area contributed by atoms with Gasteiger partial charge < -0.3 is 15.6 Å². The maximum absolute atomic E-state index is 11.8. The highest BCUT2D eigenvalue weighted by molar-refractivity contribution is 5.94. The molecule has 2 aromatic carbocycles. The molecule has 2 aromatic rings. The number of hydrogen-bond donors (Lipinski definition) is 3. The molecule has 0 radical (unpaired) electrons. The zero-order chi connectivity index (χ0) is 18.7. The van der Waals surface area contributed by atoms with E-state index < -0.39 is 30.4 Å². The summed E-state index contributed by atoms with van der Waals surface area (Å²) in [6, 6.07) is 12.5. The van der Waals surface area contributed by atoms with Gasteiger partial charge in [0.25, 0.3) is 0 Å². The maximum atomic E-state index is 11.8. The molecule has 0 unspecified atom stereocenters. The van der Waals surface area contributed by atoms with E-state index in [2.05, 4.69) is 12.1 Å². The molecule has 0 aliphatic heterocycles. The maximum Gasteiger partial charge on any atom is 0.414 e. The summed E-state index contributed by atoms with van der Waals surface area (Å²) in [5, 5.41) is 10.6. The van der Waals surface area contributed by atoms with Gasteiger partial charge in [-0.15, -0.1) is 0 Å². The number of alkyl carbamates (subject to hydrolysis) is 1. The molecule has 0 bridgehead atoms. The lowest BCUT2D eigenvalue weighted by molar-refractivity contribution is -0.140. The predicted molar refractivity (Wildman–Crippen MR) is 93.2 cm³/mol. The summed E-state index contributed by atoms with van der Waals surface area (Å²) in [5.74, 6) is -2.11. The monoisotopic (exact) mass is 354 g/mol. The standard InChI is InChI=1S/C19H18N2O5/c20-16(18(23)24)9-17(22)21-19(25)26-10-12-5-3-7-14-13-6-2-1-4-11(13)8-15(12)14/h1-7,16H,8-10,20H2,(H,23,24)(H,21,22,25)/t16-/m0/s1. The van der Waals surface area contributed by atoms with Crippen LogP contribution in [0.3, 0.4) is 0 Å². The van der Waals surface area contributed by atoms with Crippen LogP contribution in [0.15, 0.2) is 42.5 Å². The molecule has 7 nitrogen and oxygen atoms in total. The molecule has 2 amide bonds. The molecule has 0 spiro atoms. The van der Waals surface area contributed by atoms with Crippen LogP contribution in [0.4, 0.5) is 4.79 Å². The molecule has 1 aliphatic carbocycles. The van der Waals surface area contributed by atoms with E-state index in [0.717, 1.165) is 23.1 Å². The van der Waals surface area contributed by atoms with E-state index in [4.69, 9.17) is 15.6 Å². The summed E-state index contributed by atoms with van der Waals surface area (Å²) < 4.78 is 5.11. The Kier molecular flexibility index (Phi) is 4.99. The van der Waals surface area contributed by atoms with Gasteiger partial charge >= 0.3 is 12.1 Å². The molecule has 1 aliphatic rings. The van der Waals surface area contributed by atoms with Crippen LogP contribution in [-0.2, 0) is 27.4 Å². The van der Waals surface area contributed by atoms with Crippen molar-refractivity contribution in [3.8, 4) is 11.1 Å². The second-order valence-corrected chi connectivity index (χ2v) is 6.05. The summed E-state index contributed by atoms with van der Waals surface area (Å²) >= 11 is 0. The van der Waals surface area contributed by atoms with Crippen molar-refractivity contribution in [2.45, 2.75) is 25.5 Å². The van der Waals surface area contributed by atoms with Crippen LogP contribution in [0.1, 0.15) is 23.1 Å². The lowest BCUT2D eigenvalue weighted by Gasteiger charge is -2.10.